The molecular formula is C15H23NO3. The first-order valence-electron chi connectivity index (χ1n) is 6.73. The van der Waals surface area contributed by atoms with Crippen molar-refractivity contribution in [1.82, 2.24) is 5.32 Å². The molecule has 2 N–H and O–H groups in total. The van der Waals surface area contributed by atoms with Gasteiger partial charge in [-0.2, -0.15) is 0 Å². The molecule has 4 nitrogen and oxygen atoms in total. The Morgan fingerprint density at radius 1 is 1.26 bits per heavy atom. The van der Waals surface area contributed by atoms with Crippen LogP contribution < -0.4 is 10.1 Å². The number of hydrogen-bond donors (Lipinski definition) is 2. The molecule has 0 aliphatic carbocycles. The highest BCUT2D eigenvalue weighted by Crippen LogP contribution is 2.10. The molecule has 1 aromatic carbocycles. The molecule has 0 saturated heterocycles. The zero-order valence-electron chi connectivity index (χ0n) is 11.6. The van der Waals surface area contributed by atoms with Crippen LogP contribution in [0.25, 0.3) is 0 Å². The monoisotopic (exact) mass is 265 g/mol. The van der Waals surface area contributed by atoms with Crippen LogP contribution in [0.2, 0.25) is 0 Å². The van der Waals surface area contributed by atoms with Crippen molar-refractivity contribution in [2.45, 2.75) is 32.8 Å². The number of amides is 1. The summed E-state index contributed by atoms with van der Waals surface area (Å²) in [6, 6.07) is 9.56. The highest BCUT2D eigenvalue weighted by atomic mass is 16.5. The highest BCUT2D eigenvalue weighted by molar-refractivity contribution is 5.78. The summed E-state index contributed by atoms with van der Waals surface area (Å²) in [6.07, 6.45) is 0.881. The molecule has 0 aliphatic rings. The molecule has 2 unspecified atom stereocenters. The minimum absolute atomic E-state index is 0.0114. The molecular weight excluding hydrogens is 242 g/mol. The molecule has 1 rings (SSSR count). The van der Waals surface area contributed by atoms with E-state index >= 15 is 0 Å². The average molecular weight is 265 g/mol. The summed E-state index contributed by atoms with van der Waals surface area (Å²) in [5.74, 6) is 0.749. The van der Waals surface area contributed by atoms with Crippen LogP contribution >= 0.6 is 0 Å². The van der Waals surface area contributed by atoms with E-state index in [2.05, 4.69) is 5.32 Å². The number of carbonyl (C=O) groups is 1. The molecule has 19 heavy (non-hydrogen) atoms. The summed E-state index contributed by atoms with van der Waals surface area (Å²) in [7, 11) is 0. The lowest BCUT2D eigenvalue weighted by molar-refractivity contribution is -0.124. The van der Waals surface area contributed by atoms with Crippen molar-refractivity contribution >= 4 is 5.91 Å². The van der Waals surface area contributed by atoms with Crippen LogP contribution in [-0.2, 0) is 4.79 Å². The standard InChI is InChI=1S/C15H23NO3/c1-12(15(18)16-10-8-13(2)17)9-11-19-14-6-4-3-5-7-14/h3-7,12-13,17H,8-11H2,1-2H3,(H,16,18). The van der Waals surface area contributed by atoms with Gasteiger partial charge in [-0.25, -0.2) is 0 Å². The van der Waals surface area contributed by atoms with E-state index in [1.165, 1.54) is 0 Å². The predicted molar refractivity (Wildman–Crippen MR) is 75.0 cm³/mol. The predicted octanol–water partition coefficient (Wildman–Crippen LogP) is 1.98. The summed E-state index contributed by atoms with van der Waals surface area (Å²) in [5.41, 5.74) is 0. The second-order valence-corrected chi connectivity index (χ2v) is 4.78. The van der Waals surface area contributed by atoms with E-state index in [0.29, 0.717) is 26.0 Å². The Labute approximate surface area is 114 Å². The molecule has 0 bridgehead atoms. The molecule has 0 fully saturated rings. The number of rotatable bonds is 8. The van der Waals surface area contributed by atoms with Crippen molar-refractivity contribution in [3.8, 4) is 5.75 Å². The molecule has 0 aliphatic heterocycles. The molecule has 2 atom stereocenters. The van der Waals surface area contributed by atoms with Crippen LogP contribution in [0.15, 0.2) is 30.3 Å². The third kappa shape index (κ3) is 6.82. The topological polar surface area (TPSA) is 58.6 Å². The number of aliphatic hydroxyl groups excluding tert-OH is 1. The fourth-order valence-electron chi connectivity index (χ4n) is 1.58. The van der Waals surface area contributed by atoms with Gasteiger partial charge in [0.05, 0.1) is 12.7 Å². The molecule has 0 saturated carbocycles. The average Bonchev–Trinajstić information content (AvgIpc) is 2.39. The minimum atomic E-state index is -0.378. The number of ether oxygens (including phenoxy) is 1. The Balaban J connectivity index is 2.16. The quantitative estimate of drug-likeness (QED) is 0.755. The fraction of sp³-hybridized carbons (Fsp3) is 0.533. The lowest BCUT2D eigenvalue weighted by Crippen LogP contribution is -2.32. The van der Waals surface area contributed by atoms with Gasteiger partial charge in [0.15, 0.2) is 0 Å². The van der Waals surface area contributed by atoms with Crippen LogP contribution in [0.5, 0.6) is 5.75 Å². The number of hydrogen-bond acceptors (Lipinski definition) is 3. The van der Waals surface area contributed by atoms with Crippen LogP contribution in [-0.4, -0.2) is 30.3 Å². The van der Waals surface area contributed by atoms with E-state index in [1.54, 1.807) is 6.92 Å². The minimum Gasteiger partial charge on any atom is -0.494 e. The fourth-order valence-corrected chi connectivity index (χ4v) is 1.58. The Morgan fingerprint density at radius 2 is 1.95 bits per heavy atom. The Hall–Kier alpha value is -1.55. The molecule has 4 heteroatoms. The number of carbonyl (C=O) groups excluding carboxylic acids is 1. The van der Waals surface area contributed by atoms with Crippen molar-refractivity contribution < 1.29 is 14.6 Å². The van der Waals surface area contributed by atoms with E-state index in [-0.39, 0.29) is 17.9 Å². The van der Waals surface area contributed by atoms with Gasteiger partial charge in [-0.15, -0.1) is 0 Å². The summed E-state index contributed by atoms with van der Waals surface area (Å²) >= 11 is 0. The second kappa shape index (κ2) is 8.53. The normalized spacial score (nSPS) is 13.6. The van der Waals surface area contributed by atoms with Gasteiger partial charge in [0, 0.05) is 12.5 Å². The Morgan fingerprint density at radius 3 is 2.58 bits per heavy atom. The zero-order valence-corrected chi connectivity index (χ0v) is 11.6. The largest absolute Gasteiger partial charge is 0.494 e. The van der Waals surface area contributed by atoms with Gasteiger partial charge in [0.1, 0.15) is 5.75 Å². The first-order valence-corrected chi connectivity index (χ1v) is 6.73. The molecule has 0 aromatic heterocycles. The van der Waals surface area contributed by atoms with Gasteiger partial charge >= 0.3 is 0 Å². The smallest absolute Gasteiger partial charge is 0.222 e. The van der Waals surface area contributed by atoms with Gasteiger partial charge < -0.3 is 15.2 Å². The lowest BCUT2D eigenvalue weighted by Gasteiger charge is -2.13. The second-order valence-electron chi connectivity index (χ2n) is 4.78. The summed E-state index contributed by atoms with van der Waals surface area (Å²) < 4.78 is 5.55. The van der Waals surface area contributed by atoms with Gasteiger partial charge in [-0.3, -0.25) is 4.79 Å². The van der Waals surface area contributed by atoms with Crippen LogP contribution in [0.3, 0.4) is 0 Å². The highest BCUT2D eigenvalue weighted by Gasteiger charge is 2.12. The molecule has 106 valence electrons. The van der Waals surface area contributed by atoms with Gasteiger partial charge in [-0.1, -0.05) is 25.1 Å². The molecule has 0 spiro atoms. The van der Waals surface area contributed by atoms with Crippen molar-refractivity contribution in [1.29, 1.82) is 0 Å². The summed E-state index contributed by atoms with van der Waals surface area (Å²) in [5, 5.41) is 11.9. The number of benzene rings is 1. The molecule has 0 heterocycles. The van der Waals surface area contributed by atoms with E-state index in [1.807, 2.05) is 37.3 Å². The maximum Gasteiger partial charge on any atom is 0.222 e. The first kappa shape index (κ1) is 15.5. The lowest BCUT2D eigenvalue weighted by atomic mass is 10.1. The van der Waals surface area contributed by atoms with Gasteiger partial charge in [0.2, 0.25) is 5.91 Å². The van der Waals surface area contributed by atoms with E-state index < -0.39 is 0 Å². The first-order chi connectivity index (χ1) is 9.09. The van der Waals surface area contributed by atoms with Gasteiger partial charge in [0.25, 0.3) is 0 Å². The van der Waals surface area contributed by atoms with Crippen molar-refractivity contribution in [3.63, 3.8) is 0 Å². The number of para-hydroxylation sites is 1. The zero-order chi connectivity index (χ0) is 14.1. The Kier molecular flexibility index (Phi) is 6.97. The maximum absolute atomic E-state index is 11.7. The third-order valence-electron chi connectivity index (χ3n) is 2.87. The van der Waals surface area contributed by atoms with Crippen molar-refractivity contribution in [2.24, 2.45) is 5.92 Å². The molecule has 0 radical (unpaired) electrons. The Bertz CT molecular complexity index is 365. The SMILES string of the molecule is CC(O)CCNC(=O)C(C)CCOc1ccccc1. The van der Waals surface area contributed by atoms with Crippen LogP contribution in [0.4, 0.5) is 0 Å². The summed E-state index contributed by atoms with van der Waals surface area (Å²) in [4.78, 5) is 11.7. The van der Waals surface area contributed by atoms with Crippen molar-refractivity contribution in [2.75, 3.05) is 13.2 Å². The van der Waals surface area contributed by atoms with Crippen molar-refractivity contribution in [3.05, 3.63) is 30.3 Å². The maximum atomic E-state index is 11.7. The van der Waals surface area contributed by atoms with E-state index in [0.717, 1.165) is 5.75 Å². The third-order valence-corrected chi connectivity index (χ3v) is 2.87. The molecule has 1 aromatic rings. The van der Waals surface area contributed by atoms with Gasteiger partial charge in [-0.05, 0) is 31.9 Å². The number of nitrogens with one attached hydrogen (secondary N) is 1. The molecule has 1 amide bonds. The van der Waals surface area contributed by atoms with E-state index in [9.17, 15) is 4.79 Å². The van der Waals surface area contributed by atoms with Crippen LogP contribution in [0, 0.1) is 5.92 Å². The number of aliphatic hydroxyl groups is 1. The van der Waals surface area contributed by atoms with Crippen LogP contribution in [0.1, 0.15) is 26.7 Å². The van der Waals surface area contributed by atoms with E-state index in [4.69, 9.17) is 9.84 Å². The summed E-state index contributed by atoms with van der Waals surface area (Å²) in [6.45, 7) is 4.63.